The van der Waals surface area contributed by atoms with E-state index in [2.05, 4.69) is 14.7 Å². The summed E-state index contributed by atoms with van der Waals surface area (Å²) in [5.74, 6) is 0.174. The Morgan fingerprint density at radius 2 is 1.74 bits per heavy atom. The van der Waals surface area contributed by atoms with E-state index in [0.29, 0.717) is 16.3 Å². The van der Waals surface area contributed by atoms with Crippen LogP contribution in [0.1, 0.15) is 41.3 Å². The van der Waals surface area contributed by atoms with Crippen LogP contribution in [-0.4, -0.2) is 39.6 Å². The molecular formula is C20H18ClN3O10. The topological polar surface area (TPSA) is 162 Å². The van der Waals surface area contributed by atoms with Crippen molar-refractivity contribution in [2.75, 3.05) is 0 Å². The molecule has 1 fully saturated rings. The summed E-state index contributed by atoms with van der Waals surface area (Å²) in [5, 5.41) is 19.7. The van der Waals surface area contributed by atoms with Crippen molar-refractivity contribution in [1.82, 2.24) is 4.98 Å². The Kier molecular flexibility index (Phi) is 6.65. The molecule has 4 atom stereocenters. The third-order valence-corrected chi connectivity index (χ3v) is 5.75. The van der Waals surface area contributed by atoms with E-state index in [1.807, 2.05) is 12.1 Å². The van der Waals surface area contributed by atoms with E-state index in [0.717, 1.165) is 11.1 Å². The largest absolute Gasteiger partial charge is 0.514 e. The van der Waals surface area contributed by atoms with Gasteiger partial charge in [-0.25, -0.2) is 4.79 Å². The minimum Gasteiger partial charge on any atom is -0.431 e. The van der Waals surface area contributed by atoms with Gasteiger partial charge in [0.1, 0.15) is 24.4 Å². The van der Waals surface area contributed by atoms with Crippen LogP contribution in [0.2, 0.25) is 5.02 Å². The van der Waals surface area contributed by atoms with Crippen molar-refractivity contribution < 1.29 is 38.9 Å². The quantitative estimate of drug-likeness (QED) is 0.313. The molecule has 0 N–H and O–H groups in total. The highest BCUT2D eigenvalue weighted by Crippen LogP contribution is 2.41. The summed E-state index contributed by atoms with van der Waals surface area (Å²) < 4.78 is 16.5. The highest BCUT2D eigenvalue weighted by atomic mass is 35.5. The molecule has 0 saturated heterocycles. The summed E-state index contributed by atoms with van der Waals surface area (Å²) in [6.07, 6.45) is -3.72. The van der Waals surface area contributed by atoms with E-state index in [9.17, 15) is 25.0 Å². The van der Waals surface area contributed by atoms with Gasteiger partial charge in [0.25, 0.3) is 10.2 Å². The standard InChI is InChI=1S/C20H18ClN3O10/c1-10-18(15-9-30-19(14(15)8-22-10)11-2-4-12(21)5-3-11)32-20(25)31-13-6-16(33-23(26)27)17(7-13)34-24(28)29/h2-5,8,13,16-17,19H,6-7,9H2,1H3/t13?,16-,17?,19-/m0/s1. The van der Waals surface area contributed by atoms with Crippen LogP contribution < -0.4 is 4.74 Å². The average Bonchev–Trinajstić information content (AvgIpc) is 3.34. The fraction of sp³-hybridized carbons (Fsp3) is 0.400. The molecule has 180 valence electrons. The van der Waals surface area contributed by atoms with E-state index in [-0.39, 0.29) is 25.2 Å². The number of halogens is 1. The number of hydrogen-bond acceptors (Lipinski definition) is 11. The number of carbonyl (C=O) groups is 1. The lowest BCUT2D eigenvalue weighted by molar-refractivity contribution is -0.797. The lowest BCUT2D eigenvalue weighted by atomic mass is 10.0. The second-order valence-corrected chi connectivity index (χ2v) is 8.08. The number of nitrogens with zero attached hydrogens (tertiary/aromatic N) is 3. The van der Waals surface area contributed by atoms with Crippen LogP contribution in [0.25, 0.3) is 0 Å². The smallest absolute Gasteiger partial charge is 0.431 e. The van der Waals surface area contributed by atoms with E-state index in [4.69, 9.17) is 25.8 Å². The minimum absolute atomic E-state index is 0.162. The van der Waals surface area contributed by atoms with E-state index >= 15 is 0 Å². The van der Waals surface area contributed by atoms with Gasteiger partial charge in [0, 0.05) is 35.2 Å². The molecule has 14 heteroatoms. The van der Waals surface area contributed by atoms with Gasteiger partial charge in [-0.05, 0) is 24.6 Å². The Morgan fingerprint density at radius 3 is 2.32 bits per heavy atom. The molecule has 1 saturated carbocycles. The summed E-state index contributed by atoms with van der Waals surface area (Å²) in [5.41, 5.74) is 2.61. The Bertz CT molecular complexity index is 1090. The van der Waals surface area contributed by atoms with Crippen molar-refractivity contribution in [3.63, 3.8) is 0 Å². The van der Waals surface area contributed by atoms with Crippen molar-refractivity contribution in [3.8, 4) is 5.75 Å². The molecule has 2 unspecified atom stereocenters. The lowest BCUT2D eigenvalue weighted by Crippen LogP contribution is -2.30. The van der Waals surface area contributed by atoms with Gasteiger partial charge in [-0.1, -0.05) is 23.7 Å². The predicted octanol–water partition coefficient (Wildman–Crippen LogP) is 3.49. The number of hydrogen-bond donors (Lipinski definition) is 0. The molecule has 2 aliphatic rings. The average molecular weight is 496 g/mol. The predicted molar refractivity (Wildman–Crippen MR) is 111 cm³/mol. The summed E-state index contributed by atoms with van der Waals surface area (Å²) in [6, 6.07) is 7.12. The number of carbonyl (C=O) groups excluding carboxylic acids is 1. The van der Waals surface area contributed by atoms with E-state index in [1.165, 1.54) is 0 Å². The maximum Gasteiger partial charge on any atom is 0.514 e. The zero-order valence-electron chi connectivity index (χ0n) is 17.6. The van der Waals surface area contributed by atoms with Crippen molar-refractivity contribution in [2.45, 2.75) is 50.8 Å². The molecule has 0 radical (unpaired) electrons. The van der Waals surface area contributed by atoms with Crippen LogP contribution in [0, 0.1) is 27.2 Å². The second kappa shape index (κ2) is 9.65. The monoisotopic (exact) mass is 495 g/mol. The van der Waals surface area contributed by atoms with Crippen LogP contribution in [0.5, 0.6) is 5.75 Å². The molecular weight excluding hydrogens is 478 g/mol. The molecule has 1 aliphatic carbocycles. The van der Waals surface area contributed by atoms with Crippen molar-refractivity contribution in [3.05, 3.63) is 78.1 Å². The van der Waals surface area contributed by atoms with Gasteiger partial charge in [-0.3, -0.25) is 4.98 Å². The molecule has 1 aromatic carbocycles. The van der Waals surface area contributed by atoms with Gasteiger partial charge in [0.2, 0.25) is 0 Å². The highest BCUT2D eigenvalue weighted by Gasteiger charge is 2.42. The number of benzene rings is 1. The molecule has 0 bridgehead atoms. The maximum atomic E-state index is 12.5. The number of aromatic nitrogens is 1. The molecule has 1 aliphatic heterocycles. The first-order chi connectivity index (χ1) is 16.2. The van der Waals surface area contributed by atoms with Gasteiger partial charge >= 0.3 is 6.16 Å². The van der Waals surface area contributed by atoms with Gasteiger partial charge in [0.15, 0.2) is 5.75 Å². The Morgan fingerprint density at radius 1 is 1.12 bits per heavy atom. The minimum atomic E-state index is -1.27. The van der Waals surface area contributed by atoms with Crippen LogP contribution in [0.15, 0.2) is 30.5 Å². The Hall–Kier alpha value is -3.71. The third kappa shape index (κ3) is 5.10. The number of ether oxygens (including phenoxy) is 3. The second-order valence-electron chi connectivity index (χ2n) is 7.65. The maximum absolute atomic E-state index is 12.5. The van der Waals surface area contributed by atoms with Crippen molar-refractivity contribution >= 4 is 17.8 Å². The molecule has 0 spiro atoms. The van der Waals surface area contributed by atoms with Crippen molar-refractivity contribution in [1.29, 1.82) is 0 Å². The van der Waals surface area contributed by atoms with Crippen LogP contribution >= 0.6 is 11.6 Å². The fourth-order valence-corrected chi connectivity index (χ4v) is 4.16. The molecule has 34 heavy (non-hydrogen) atoms. The van der Waals surface area contributed by atoms with Crippen LogP contribution in [0.4, 0.5) is 4.79 Å². The summed E-state index contributed by atoms with van der Waals surface area (Å²) in [7, 11) is 0. The Balaban J connectivity index is 1.46. The first-order valence-corrected chi connectivity index (χ1v) is 10.4. The Labute approximate surface area is 196 Å². The van der Waals surface area contributed by atoms with Crippen molar-refractivity contribution in [2.24, 2.45) is 0 Å². The summed E-state index contributed by atoms with van der Waals surface area (Å²) >= 11 is 5.95. The highest BCUT2D eigenvalue weighted by molar-refractivity contribution is 6.30. The number of aryl methyl sites for hydroxylation is 1. The summed E-state index contributed by atoms with van der Waals surface area (Å²) in [6.45, 7) is 1.81. The number of pyridine rings is 1. The van der Waals surface area contributed by atoms with Crippen LogP contribution in [0.3, 0.4) is 0 Å². The third-order valence-electron chi connectivity index (χ3n) is 5.49. The van der Waals surface area contributed by atoms with Crippen LogP contribution in [-0.2, 0) is 25.8 Å². The SMILES string of the molecule is Cc1ncc2c(c1OC(=O)OC1CC(O[N+](=O)[O-])[C@@H](O[N+](=O)[O-])C1)CO[C@H]2c1ccc(Cl)cc1. The first-order valence-electron chi connectivity index (χ1n) is 10.1. The normalized spacial score (nSPS) is 23.1. The zero-order valence-corrected chi connectivity index (χ0v) is 18.4. The number of fused-ring (bicyclic) bond motifs is 1. The molecule has 0 amide bonds. The van der Waals surface area contributed by atoms with Gasteiger partial charge in [0.05, 0.1) is 12.3 Å². The molecule has 1 aromatic heterocycles. The lowest BCUT2D eigenvalue weighted by Gasteiger charge is -2.15. The van der Waals surface area contributed by atoms with Gasteiger partial charge in [-0.15, -0.1) is 20.2 Å². The van der Waals surface area contributed by atoms with E-state index < -0.39 is 40.7 Å². The zero-order chi connectivity index (χ0) is 24.4. The molecule has 13 nitrogen and oxygen atoms in total. The van der Waals surface area contributed by atoms with E-state index in [1.54, 1.807) is 25.3 Å². The first kappa shape index (κ1) is 23.4. The number of rotatable bonds is 7. The summed E-state index contributed by atoms with van der Waals surface area (Å²) in [4.78, 5) is 46.9. The molecule has 2 aromatic rings. The molecule has 4 rings (SSSR count). The van der Waals surface area contributed by atoms with Gasteiger partial charge in [-0.2, -0.15) is 0 Å². The van der Waals surface area contributed by atoms with Gasteiger partial charge < -0.3 is 23.9 Å². The molecule has 2 heterocycles. The fourth-order valence-electron chi connectivity index (χ4n) is 4.03.